The molecule has 1 heterocycles. The summed E-state index contributed by atoms with van der Waals surface area (Å²) >= 11 is 0. The first-order valence-electron chi connectivity index (χ1n) is 7.12. The predicted molar refractivity (Wildman–Crippen MR) is 78.9 cm³/mol. The Morgan fingerprint density at radius 3 is 2.50 bits per heavy atom. The summed E-state index contributed by atoms with van der Waals surface area (Å²) in [4.78, 5) is 26.9. The van der Waals surface area contributed by atoms with E-state index in [2.05, 4.69) is 11.0 Å². The Labute approximate surface area is 120 Å². The number of Topliss-reactive ketones (excluding diaryl/α,β-unsaturated/α-hetero) is 1. The minimum absolute atomic E-state index is 0.209. The van der Waals surface area contributed by atoms with Crippen LogP contribution in [0.3, 0.4) is 0 Å². The van der Waals surface area contributed by atoms with Crippen molar-refractivity contribution in [3.63, 3.8) is 0 Å². The Kier molecular flexibility index (Phi) is 4.90. The second kappa shape index (κ2) is 6.66. The highest BCUT2D eigenvalue weighted by Gasteiger charge is 2.17. The Morgan fingerprint density at radius 1 is 1.20 bits per heavy atom. The van der Waals surface area contributed by atoms with E-state index >= 15 is 0 Å². The summed E-state index contributed by atoms with van der Waals surface area (Å²) in [5.41, 5.74) is 3.08. The lowest BCUT2D eigenvalue weighted by Gasteiger charge is -2.32. The zero-order valence-electron chi connectivity index (χ0n) is 12.3. The van der Waals surface area contributed by atoms with E-state index < -0.39 is 0 Å². The molecule has 0 aliphatic carbocycles. The van der Waals surface area contributed by atoms with E-state index in [1.54, 1.807) is 4.90 Å². The molecule has 4 nitrogen and oxygen atoms in total. The number of carbonyl (C=O) groups excluding carboxylic acids is 2. The normalized spacial score (nSPS) is 16.2. The van der Waals surface area contributed by atoms with Crippen molar-refractivity contribution < 1.29 is 9.59 Å². The molecule has 0 bridgehead atoms. The quantitative estimate of drug-likeness (QED) is 0.605. The van der Waals surface area contributed by atoms with Crippen LogP contribution < -0.4 is 0 Å². The summed E-state index contributed by atoms with van der Waals surface area (Å²) in [5.74, 6) is 0.209. The van der Waals surface area contributed by atoms with E-state index in [1.165, 1.54) is 5.56 Å². The Hall–Kier alpha value is -1.68. The molecular weight excluding hydrogens is 252 g/mol. The van der Waals surface area contributed by atoms with Crippen LogP contribution >= 0.6 is 0 Å². The van der Waals surface area contributed by atoms with Crippen molar-refractivity contribution in [2.75, 3.05) is 32.7 Å². The highest BCUT2D eigenvalue weighted by molar-refractivity contribution is 5.97. The van der Waals surface area contributed by atoms with Gasteiger partial charge in [-0.05, 0) is 19.4 Å². The minimum Gasteiger partial charge on any atom is -0.343 e. The number of carbonyl (C=O) groups is 2. The molecule has 108 valence electrons. The van der Waals surface area contributed by atoms with Gasteiger partial charge < -0.3 is 4.90 Å². The first-order chi connectivity index (χ1) is 9.60. The molecule has 0 aromatic heterocycles. The fourth-order valence-electron chi connectivity index (χ4n) is 2.61. The fraction of sp³-hybridized carbons (Fsp3) is 0.500. The maximum atomic E-state index is 12.2. The predicted octanol–water partition coefficient (Wildman–Crippen LogP) is 1.65. The molecule has 0 atom stereocenters. The average molecular weight is 274 g/mol. The van der Waals surface area contributed by atoms with Gasteiger partial charge in [-0.3, -0.25) is 14.5 Å². The highest BCUT2D eigenvalue weighted by atomic mass is 16.1. The number of ketones is 1. The summed E-state index contributed by atoms with van der Waals surface area (Å²) < 4.78 is 0. The van der Waals surface area contributed by atoms with Gasteiger partial charge in [0.15, 0.2) is 5.78 Å². The molecule has 0 unspecified atom stereocenters. The third-order valence-electron chi connectivity index (χ3n) is 3.89. The lowest BCUT2D eigenvalue weighted by molar-refractivity contribution is -0.119. The number of rotatable bonds is 5. The van der Waals surface area contributed by atoms with Crippen molar-refractivity contribution in [2.45, 2.75) is 20.3 Å². The molecule has 1 aliphatic rings. The molecule has 1 aromatic carbocycles. The summed E-state index contributed by atoms with van der Waals surface area (Å²) in [6.45, 7) is 8.05. The van der Waals surface area contributed by atoms with E-state index in [-0.39, 0.29) is 5.78 Å². The van der Waals surface area contributed by atoms with Crippen LogP contribution in [-0.2, 0) is 4.79 Å². The maximum Gasteiger partial charge on any atom is 0.209 e. The molecule has 0 radical (unpaired) electrons. The first-order valence-corrected chi connectivity index (χ1v) is 7.12. The topological polar surface area (TPSA) is 40.6 Å². The van der Waals surface area contributed by atoms with Crippen molar-refractivity contribution in [1.29, 1.82) is 0 Å². The molecule has 0 N–H and O–H groups in total. The number of amides is 1. The molecule has 0 spiro atoms. The molecule has 1 aliphatic heterocycles. The van der Waals surface area contributed by atoms with Crippen LogP contribution in [0.1, 0.15) is 27.9 Å². The van der Waals surface area contributed by atoms with Gasteiger partial charge in [0, 0.05) is 44.7 Å². The Balaban J connectivity index is 1.85. The molecule has 1 saturated heterocycles. The second-order valence-electron chi connectivity index (χ2n) is 5.47. The third-order valence-corrected chi connectivity index (χ3v) is 3.89. The Bertz CT molecular complexity index is 491. The van der Waals surface area contributed by atoms with Crippen LogP contribution in [0.4, 0.5) is 0 Å². The molecule has 1 aromatic rings. The number of benzene rings is 1. The van der Waals surface area contributed by atoms with E-state index in [4.69, 9.17) is 0 Å². The van der Waals surface area contributed by atoms with Crippen molar-refractivity contribution >= 4 is 12.2 Å². The van der Waals surface area contributed by atoms with Gasteiger partial charge in [0.25, 0.3) is 0 Å². The van der Waals surface area contributed by atoms with Gasteiger partial charge in [-0.25, -0.2) is 0 Å². The number of hydrogen-bond donors (Lipinski definition) is 0. The average Bonchev–Trinajstić information content (AvgIpc) is 2.45. The van der Waals surface area contributed by atoms with Crippen LogP contribution in [0.5, 0.6) is 0 Å². The largest absolute Gasteiger partial charge is 0.343 e. The van der Waals surface area contributed by atoms with Crippen molar-refractivity contribution in [2.24, 2.45) is 0 Å². The number of piperazine rings is 1. The maximum absolute atomic E-state index is 12.2. The van der Waals surface area contributed by atoms with Gasteiger partial charge in [0.05, 0.1) is 0 Å². The summed E-state index contributed by atoms with van der Waals surface area (Å²) in [5, 5.41) is 0. The smallest absolute Gasteiger partial charge is 0.209 e. The zero-order chi connectivity index (χ0) is 14.5. The van der Waals surface area contributed by atoms with Crippen LogP contribution in [-0.4, -0.2) is 54.7 Å². The number of hydrogen-bond acceptors (Lipinski definition) is 3. The molecule has 1 amide bonds. The standard InChI is InChI=1S/C16H22N2O2/c1-13-3-4-15(14(2)11-13)16(20)5-6-17-7-9-18(12-19)10-8-17/h3-4,11-12H,5-10H2,1-2H3. The molecule has 4 heteroatoms. The van der Waals surface area contributed by atoms with Gasteiger partial charge in [-0.15, -0.1) is 0 Å². The zero-order valence-corrected chi connectivity index (χ0v) is 12.3. The van der Waals surface area contributed by atoms with Crippen LogP contribution in [0.15, 0.2) is 18.2 Å². The van der Waals surface area contributed by atoms with Crippen LogP contribution in [0.2, 0.25) is 0 Å². The van der Waals surface area contributed by atoms with E-state index in [9.17, 15) is 9.59 Å². The van der Waals surface area contributed by atoms with Gasteiger partial charge in [-0.2, -0.15) is 0 Å². The molecular formula is C16H22N2O2. The fourth-order valence-corrected chi connectivity index (χ4v) is 2.61. The minimum atomic E-state index is 0.209. The SMILES string of the molecule is Cc1ccc(C(=O)CCN2CCN(C=O)CC2)c(C)c1. The van der Waals surface area contributed by atoms with Gasteiger partial charge in [0.2, 0.25) is 6.41 Å². The highest BCUT2D eigenvalue weighted by Crippen LogP contribution is 2.13. The lowest BCUT2D eigenvalue weighted by Crippen LogP contribution is -2.46. The van der Waals surface area contributed by atoms with Gasteiger partial charge in [-0.1, -0.05) is 23.8 Å². The first kappa shape index (κ1) is 14.7. The molecule has 20 heavy (non-hydrogen) atoms. The van der Waals surface area contributed by atoms with Crippen LogP contribution in [0.25, 0.3) is 0 Å². The van der Waals surface area contributed by atoms with E-state index in [0.29, 0.717) is 6.42 Å². The summed E-state index contributed by atoms with van der Waals surface area (Å²) in [6.07, 6.45) is 1.45. The van der Waals surface area contributed by atoms with Crippen molar-refractivity contribution in [1.82, 2.24) is 9.80 Å². The monoisotopic (exact) mass is 274 g/mol. The van der Waals surface area contributed by atoms with E-state index in [0.717, 1.165) is 50.3 Å². The molecule has 1 fully saturated rings. The van der Waals surface area contributed by atoms with Crippen molar-refractivity contribution in [3.8, 4) is 0 Å². The summed E-state index contributed by atoms with van der Waals surface area (Å²) in [6, 6.07) is 5.97. The van der Waals surface area contributed by atoms with Crippen molar-refractivity contribution in [3.05, 3.63) is 34.9 Å². The molecule has 0 saturated carbocycles. The number of nitrogens with zero attached hydrogens (tertiary/aromatic N) is 2. The van der Waals surface area contributed by atoms with Gasteiger partial charge >= 0.3 is 0 Å². The third kappa shape index (κ3) is 3.67. The lowest BCUT2D eigenvalue weighted by atomic mass is 10.0. The molecule has 2 rings (SSSR count). The Morgan fingerprint density at radius 2 is 1.90 bits per heavy atom. The second-order valence-corrected chi connectivity index (χ2v) is 5.47. The van der Waals surface area contributed by atoms with E-state index in [1.807, 2.05) is 26.0 Å². The van der Waals surface area contributed by atoms with Crippen LogP contribution in [0, 0.1) is 13.8 Å². The van der Waals surface area contributed by atoms with Gasteiger partial charge in [0.1, 0.15) is 0 Å². The number of aryl methyl sites for hydroxylation is 2. The summed E-state index contributed by atoms with van der Waals surface area (Å²) in [7, 11) is 0.